The monoisotopic (exact) mass is 196 g/mol. The summed E-state index contributed by atoms with van der Waals surface area (Å²) in [6.45, 7) is 9.46. The van der Waals surface area contributed by atoms with E-state index < -0.39 is 0 Å². The highest BCUT2D eigenvalue weighted by Crippen LogP contribution is 2.18. The fraction of sp³-hybridized carbons (Fsp3) is 0.800. The lowest BCUT2D eigenvalue weighted by Gasteiger charge is -2.32. The van der Waals surface area contributed by atoms with E-state index in [-0.39, 0.29) is 0 Å². The summed E-state index contributed by atoms with van der Waals surface area (Å²) in [5, 5.41) is 7.95. The molecule has 0 bridgehead atoms. The van der Waals surface area contributed by atoms with Crippen LogP contribution in [0.15, 0.2) is 6.20 Å². The summed E-state index contributed by atoms with van der Waals surface area (Å²) in [7, 11) is 0. The molecule has 14 heavy (non-hydrogen) atoms. The Morgan fingerprint density at radius 1 is 1.36 bits per heavy atom. The molecule has 80 valence electrons. The second kappa shape index (κ2) is 5.62. The summed E-state index contributed by atoms with van der Waals surface area (Å²) in [4.78, 5) is 2.32. The maximum Gasteiger partial charge on any atom is 0.147 e. The number of anilines is 1. The standard InChI is InChI=1S/C8H14N4.C2H6/c1-2-4-12-8(7-9-10-12)11-5-3-6-11;1-2/h7H,2-6H2,1H3;1-2H3. The summed E-state index contributed by atoms with van der Waals surface area (Å²) in [6.07, 6.45) is 4.27. The van der Waals surface area contributed by atoms with Crippen LogP contribution < -0.4 is 4.90 Å². The molecule has 0 spiro atoms. The zero-order valence-electron chi connectivity index (χ0n) is 9.40. The van der Waals surface area contributed by atoms with Crippen molar-refractivity contribution in [3.05, 3.63) is 6.20 Å². The number of rotatable bonds is 3. The van der Waals surface area contributed by atoms with Gasteiger partial charge in [0.25, 0.3) is 0 Å². The Bertz CT molecular complexity index is 252. The van der Waals surface area contributed by atoms with Crippen LogP contribution >= 0.6 is 0 Å². The van der Waals surface area contributed by atoms with Crippen molar-refractivity contribution in [3.63, 3.8) is 0 Å². The fourth-order valence-corrected chi connectivity index (χ4v) is 1.41. The zero-order chi connectivity index (χ0) is 10.4. The zero-order valence-corrected chi connectivity index (χ0v) is 9.40. The predicted molar refractivity (Wildman–Crippen MR) is 58.5 cm³/mol. The molecule has 0 saturated carbocycles. The quantitative estimate of drug-likeness (QED) is 0.740. The molecule has 0 aliphatic carbocycles. The van der Waals surface area contributed by atoms with Crippen LogP contribution in [0.1, 0.15) is 33.6 Å². The minimum absolute atomic E-state index is 0.978. The van der Waals surface area contributed by atoms with Crippen LogP contribution in [0.4, 0.5) is 5.82 Å². The fourth-order valence-electron chi connectivity index (χ4n) is 1.41. The lowest BCUT2D eigenvalue weighted by atomic mass is 10.2. The van der Waals surface area contributed by atoms with Crippen molar-refractivity contribution in [2.24, 2.45) is 0 Å². The second-order valence-corrected chi connectivity index (χ2v) is 3.16. The molecule has 1 saturated heterocycles. The van der Waals surface area contributed by atoms with E-state index in [1.54, 1.807) is 0 Å². The average molecular weight is 196 g/mol. The van der Waals surface area contributed by atoms with Crippen LogP contribution in [0.5, 0.6) is 0 Å². The molecule has 0 radical (unpaired) electrons. The number of aromatic nitrogens is 3. The van der Waals surface area contributed by atoms with Crippen molar-refractivity contribution >= 4 is 5.82 Å². The van der Waals surface area contributed by atoms with Gasteiger partial charge in [-0.1, -0.05) is 26.0 Å². The summed E-state index contributed by atoms with van der Waals surface area (Å²) in [6, 6.07) is 0. The molecule has 0 amide bonds. The van der Waals surface area contributed by atoms with E-state index in [0.29, 0.717) is 0 Å². The highest BCUT2D eigenvalue weighted by Gasteiger charge is 2.18. The second-order valence-electron chi connectivity index (χ2n) is 3.16. The van der Waals surface area contributed by atoms with Crippen molar-refractivity contribution in [2.45, 2.75) is 40.2 Å². The molecule has 4 nitrogen and oxygen atoms in total. The molecule has 0 N–H and O–H groups in total. The van der Waals surface area contributed by atoms with Gasteiger partial charge in [-0.3, -0.25) is 0 Å². The average Bonchev–Trinajstić information content (AvgIpc) is 2.55. The number of nitrogens with zero attached hydrogens (tertiary/aromatic N) is 4. The van der Waals surface area contributed by atoms with E-state index >= 15 is 0 Å². The maximum atomic E-state index is 4.03. The summed E-state index contributed by atoms with van der Waals surface area (Å²) < 4.78 is 1.99. The van der Waals surface area contributed by atoms with Gasteiger partial charge in [0.1, 0.15) is 5.82 Å². The van der Waals surface area contributed by atoms with Crippen LogP contribution in [0.25, 0.3) is 0 Å². The molecule has 1 aliphatic rings. The van der Waals surface area contributed by atoms with E-state index in [1.165, 1.54) is 12.2 Å². The first-order valence-corrected chi connectivity index (χ1v) is 5.55. The molecule has 1 aromatic heterocycles. The van der Waals surface area contributed by atoms with Gasteiger partial charge in [-0.2, -0.15) is 0 Å². The molecule has 1 aliphatic heterocycles. The summed E-state index contributed by atoms with van der Waals surface area (Å²) in [5.74, 6) is 1.18. The molecular formula is C10H20N4. The van der Waals surface area contributed by atoms with Gasteiger partial charge in [0, 0.05) is 19.6 Å². The predicted octanol–water partition coefficient (Wildman–Crippen LogP) is 1.92. The van der Waals surface area contributed by atoms with Crippen LogP contribution in [0.2, 0.25) is 0 Å². The van der Waals surface area contributed by atoms with Gasteiger partial charge in [-0.15, -0.1) is 5.10 Å². The first-order valence-electron chi connectivity index (χ1n) is 5.55. The van der Waals surface area contributed by atoms with E-state index in [0.717, 1.165) is 26.1 Å². The Balaban J connectivity index is 0.000000461. The Morgan fingerprint density at radius 3 is 2.57 bits per heavy atom. The lowest BCUT2D eigenvalue weighted by Crippen LogP contribution is -2.38. The molecule has 2 rings (SSSR count). The molecule has 2 heterocycles. The van der Waals surface area contributed by atoms with Crippen LogP contribution in [-0.4, -0.2) is 28.1 Å². The third-order valence-electron chi connectivity index (χ3n) is 2.21. The van der Waals surface area contributed by atoms with Crippen LogP contribution in [0.3, 0.4) is 0 Å². The number of hydrogen-bond acceptors (Lipinski definition) is 3. The van der Waals surface area contributed by atoms with Crippen molar-refractivity contribution < 1.29 is 0 Å². The van der Waals surface area contributed by atoms with Gasteiger partial charge in [-0.25, -0.2) is 4.68 Å². The van der Waals surface area contributed by atoms with Gasteiger partial charge < -0.3 is 4.90 Å². The largest absolute Gasteiger partial charge is 0.355 e. The third-order valence-corrected chi connectivity index (χ3v) is 2.21. The Morgan fingerprint density at radius 2 is 2.07 bits per heavy atom. The van der Waals surface area contributed by atoms with Gasteiger partial charge >= 0.3 is 0 Å². The van der Waals surface area contributed by atoms with E-state index in [1.807, 2.05) is 24.7 Å². The Kier molecular flexibility index (Phi) is 4.43. The highest BCUT2D eigenvalue weighted by molar-refractivity contribution is 5.38. The molecule has 0 aromatic carbocycles. The third kappa shape index (κ3) is 2.25. The highest BCUT2D eigenvalue weighted by atomic mass is 15.5. The minimum atomic E-state index is 0.978. The van der Waals surface area contributed by atoms with Gasteiger partial charge in [-0.05, 0) is 12.8 Å². The Hall–Kier alpha value is -1.06. The minimum Gasteiger partial charge on any atom is -0.355 e. The smallest absolute Gasteiger partial charge is 0.147 e. The topological polar surface area (TPSA) is 34.0 Å². The van der Waals surface area contributed by atoms with Crippen molar-refractivity contribution in [1.82, 2.24) is 15.0 Å². The van der Waals surface area contributed by atoms with Crippen LogP contribution in [-0.2, 0) is 6.54 Å². The summed E-state index contributed by atoms with van der Waals surface area (Å²) in [5.41, 5.74) is 0. The molecule has 4 heteroatoms. The van der Waals surface area contributed by atoms with E-state index in [4.69, 9.17) is 0 Å². The van der Waals surface area contributed by atoms with Gasteiger partial charge in [0.2, 0.25) is 0 Å². The van der Waals surface area contributed by atoms with Crippen molar-refractivity contribution in [2.75, 3.05) is 18.0 Å². The summed E-state index contributed by atoms with van der Waals surface area (Å²) >= 11 is 0. The number of hydrogen-bond donors (Lipinski definition) is 0. The molecule has 0 unspecified atom stereocenters. The van der Waals surface area contributed by atoms with Crippen molar-refractivity contribution in [1.29, 1.82) is 0 Å². The van der Waals surface area contributed by atoms with Crippen molar-refractivity contribution in [3.8, 4) is 0 Å². The first kappa shape index (κ1) is 11.0. The molecule has 0 atom stereocenters. The maximum absolute atomic E-state index is 4.03. The Labute approximate surface area is 85.9 Å². The first-order chi connectivity index (χ1) is 6.92. The van der Waals surface area contributed by atoms with E-state index in [9.17, 15) is 0 Å². The van der Waals surface area contributed by atoms with E-state index in [2.05, 4.69) is 22.1 Å². The molecular weight excluding hydrogens is 176 g/mol. The normalized spacial score (nSPS) is 14.4. The molecule has 1 fully saturated rings. The molecule has 1 aromatic rings. The SMILES string of the molecule is CC.CCCn1nncc1N1CCC1. The van der Waals surface area contributed by atoms with Crippen LogP contribution in [0, 0.1) is 0 Å². The lowest BCUT2D eigenvalue weighted by molar-refractivity contribution is 0.536. The number of aryl methyl sites for hydroxylation is 1. The van der Waals surface area contributed by atoms with Gasteiger partial charge in [0.05, 0.1) is 6.20 Å². The van der Waals surface area contributed by atoms with Gasteiger partial charge in [0.15, 0.2) is 0 Å².